The molecule has 3 heterocycles. The fourth-order valence-corrected chi connectivity index (χ4v) is 6.17. The van der Waals surface area contributed by atoms with Crippen LogP contribution in [0.4, 0.5) is 16.4 Å². The van der Waals surface area contributed by atoms with Gasteiger partial charge in [0.2, 0.25) is 0 Å². The second-order valence-electron chi connectivity index (χ2n) is 10.7. The van der Waals surface area contributed by atoms with Crippen LogP contribution < -0.4 is 15.2 Å². The molecule has 2 aromatic heterocycles. The highest BCUT2D eigenvalue weighted by atomic mass is 32.1. The van der Waals surface area contributed by atoms with E-state index in [0.29, 0.717) is 43.2 Å². The number of amides is 1. The number of carbonyl (C=O) groups is 1. The van der Waals surface area contributed by atoms with Gasteiger partial charge in [0.25, 0.3) is 0 Å². The quantitative estimate of drug-likeness (QED) is 0.193. The standard InChI is InChI=1S/C31H30N2O5S.C2H6.C2H4/c1-31(2,3)38-30(35)32(4)19-11-12-26-24(17-19)22-9-6-8-21(29(22)39-26)20-7-5-10-23-25(34)18-27(37-28(20)23)33-13-15-36-16-14-33;2*1-2/h5-12,17-18H,13-16H2,1-4H3;1-2H3;1-2H2. The first-order valence-electron chi connectivity index (χ1n) is 14.5. The number of thiophene rings is 1. The summed E-state index contributed by atoms with van der Waals surface area (Å²) in [5.74, 6) is 0.571. The monoisotopic (exact) mass is 600 g/mol. The van der Waals surface area contributed by atoms with Crippen LogP contribution in [0.3, 0.4) is 0 Å². The van der Waals surface area contributed by atoms with Crippen LogP contribution in [0.1, 0.15) is 34.6 Å². The van der Waals surface area contributed by atoms with Crippen molar-refractivity contribution in [1.29, 1.82) is 0 Å². The fourth-order valence-electron chi connectivity index (χ4n) is 4.96. The van der Waals surface area contributed by atoms with Crippen LogP contribution in [0, 0.1) is 0 Å². The number of carbonyl (C=O) groups excluding carboxylic acids is 1. The SMILES string of the molecule is C=C.CC.CN(C(=O)OC(C)(C)C)c1ccc2sc3c(-c4cccc5c(=O)cc(N6CCOCC6)oc45)cccc3c2c1. The van der Waals surface area contributed by atoms with Crippen LogP contribution >= 0.6 is 11.3 Å². The summed E-state index contributed by atoms with van der Waals surface area (Å²) in [7, 11) is 1.72. The van der Waals surface area contributed by atoms with Crippen molar-refractivity contribution in [3.8, 4) is 11.1 Å². The van der Waals surface area contributed by atoms with Crippen molar-refractivity contribution in [3.05, 3.63) is 84.0 Å². The van der Waals surface area contributed by atoms with Gasteiger partial charge in [-0.1, -0.05) is 44.2 Å². The molecule has 6 rings (SSSR count). The third-order valence-electron chi connectivity index (χ3n) is 6.89. The molecule has 226 valence electrons. The molecule has 1 amide bonds. The molecule has 0 atom stereocenters. The molecule has 1 saturated heterocycles. The average Bonchev–Trinajstić information content (AvgIpc) is 3.40. The van der Waals surface area contributed by atoms with Crippen LogP contribution in [0.25, 0.3) is 42.3 Å². The molecule has 7 nitrogen and oxygen atoms in total. The van der Waals surface area contributed by atoms with Crippen LogP contribution in [0.15, 0.2) is 83.0 Å². The smallest absolute Gasteiger partial charge is 0.414 e. The number of morpholine rings is 1. The molecular formula is C35H40N2O5S. The topological polar surface area (TPSA) is 72.2 Å². The molecule has 0 bridgehead atoms. The zero-order valence-corrected chi connectivity index (χ0v) is 26.7. The summed E-state index contributed by atoms with van der Waals surface area (Å²) < 4.78 is 19.7. The second kappa shape index (κ2) is 13.4. The number of para-hydroxylation sites is 1. The lowest BCUT2D eigenvalue weighted by molar-refractivity contribution is 0.0589. The number of ether oxygens (including phenoxy) is 2. The number of nitrogens with zero attached hydrogens (tertiary/aromatic N) is 2. The highest BCUT2D eigenvalue weighted by molar-refractivity contribution is 7.26. The Morgan fingerprint density at radius 2 is 1.58 bits per heavy atom. The fraction of sp³-hybridized carbons (Fsp3) is 0.314. The summed E-state index contributed by atoms with van der Waals surface area (Å²) in [6.45, 7) is 18.1. The molecule has 0 unspecified atom stereocenters. The predicted octanol–water partition coefficient (Wildman–Crippen LogP) is 8.86. The molecule has 1 aliphatic heterocycles. The molecule has 0 saturated carbocycles. The summed E-state index contributed by atoms with van der Waals surface area (Å²) in [4.78, 5) is 29.4. The first kappa shape index (κ1) is 31.8. The van der Waals surface area contributed by atoms with E-state index in [1.807, 2.05) is 77.1 Å². The first-order valence-corrected chi connectivity index (χ1v) is 15.3. The van der Waals surface area contributed by atoms with E-state index in [1.54, 1.807) is 24.5 Å². The molecule has 3 aromatic carbocycles. The highest BCUT2D eigenvalue weighted by Gasteiger charge is 2.22. The predicted molar refractivity (Wildman–Crippen MR) is 181 cm³/mol. The van der Waals surface area contributed by atoms with E-state index in [9.17, 15) is 9.59 Å². The maximum atomic E-state index is 13.1. The van der Waals surface area contributed by atoms with Gasteiger partial charge in [-0.2, -0.15) is 0 Å². The lowest BCUT2D eigenvalue weighted by Crippen LogP contribution is -2.36. The minimum atomic E-state index is -0.575. The van der Waals surface area contributed by atoms with Gasteiger partial charge in [-0.05, 0) is 45.0 Å². The van der Waals surface area contributed by atoms with Gasteiger partial charge in [0.05, 0.1) is 18.6 Å². The summed E-state index contributed by atoms with van der Waals surface area (Å²) in [6, 6.07) is 19.5. The minimum Gasteiger partial charge on any atom is -0.443 e. The van der Waals surface area contributed by atoms with E-state index in [1.165, 1.54) is 4.90 Å². The zero-order valence-electron chi connectivity index (χ0n) is 25.9. The van der Waals surface area contributed by atoms with Crippen LogP contribution in [0.2, 0.25) is 0 Å². The van der Waals surface area contributed by atoms with Gasteiger partial charge in [0.1, 0.15) is 11.2 Å². The number of anilines is 2. The Balaban J connectivity index is 0.00000102. The summed E-state index contributed by atoms with van der Waals surface area (Å²) in [5.41, 5.74) is 2.59. The Morgan fingerprint density at radius 1 is 0.930 bits per heavy atom. The maximum absolute atomic E-state index is 13.1. The molecule has 0 aliphatic carbocycles. The van der Waals surface area contributed by atoms with E-state index in [-0.39, 0.29) is 5.43 Å². The number of benzene rings is 3. The largest absolute Gasteiger partial charge is 0.443 e. The van der Waals surface area contributed by atoms with Gasteiger partial charge < -0.3 is 18.8 Å². The van der Waals surface area contributed by atoms with E-state index >= 15 is 0 Å². The number of fused-ring (bicyclic) bond motifs is 4. The van der Waals surface area contributed by atoms with Crippen molar-refractivity contribution in [2.24, 2.45) is 0 Å². The van der Waals surface area contributed by atoms with Crippen molar-refractivity contribution in [1.82, 2.24) is 0 Å². The first-order chi connectivity index (χ1) is 20.7. The number of rotatable bonds is 3. The van der Waals surface area contributed by atoms with Crippen LogP contribution in [0.5, 0.6) is 0 Å². The third-order valence-corrected chi connectivity index (χ3v) is 8.11. The molecular weight excluding hydrogens is 560 g/mol. The Kier molecular flexibility index (Phi) is 9.94. The van der Waals surface area contributed by atoms with Gasteiger partial charge >= 0.3 is 6.09 Å². The van der Waals surface area contributed by atoms with Crippen LogP contribution in [-0.2, 0) is 9.47 Å². The van der Waals surface area contributed by atoms with E-state index < -0.39 is 11.7 Å². The number of hydrogen-bond acceptors (Lipinski definition) is 7. The average molecular weight is 601 g/mol. The van der Waals surface area contributed by atoms with Crippen molar-refractivity contribution in [2.75, 3.05) is 43.2 Å². The zero-order chi connectivity index (χ0) is 31.3. The maximum Gasteiger partial charge on any atom is 0.414 e. The van der Waals surface area contributed by atoms with Crippen molar-refractivity contribution in [2.45, 2.75) is 40.2 Å². The second-order valence-corrected chi connectivity index (χ2v) is 11.8. The molecule has 1 aliphatic rings. The third kappa shape index (κ3) is 6.60. The van der Waals surface area contributed by atoms with Gasteiger partial charge in [0.15, 0.2) is 11.3 Å². The van der Waals surface area contributed by atoms with Crippen LogP contribution in [-0.4, -0.2) is 45.0 Å². The Morgan fingerprint density at radius 3 is 2.26 bits per heavy atom. The van der Waals surface area contributed by atoms with Crippen molar-refractivity contribution >= 4 is 60.1 Å². The minimum absolute atomic E-state index is 0.0575. The Labute approximate surface area is 256 Å². The Hall–Kier alpha value is -4.14. The highest BCUT2D eigenvalue weighted by Crippen LogP contribution is 2.43. The van der Waals surface area contributed by atoms with Gasteiger partial charge in [-0.25, -0.2) is 4.79 Å². The van der Waals surface area contributed by atoms with Crippen molar-refractivity contribution in [3.63, 3.8) is 0 Å². The molecule has 43 heavy (non-hydrogen) atoms. The molecule has 0 spiro atoms. The van der Waals surface area contributed by atoms with Gasteiger partial charge in [0, 0.05) is 63.2 Å². The molecule has 1 fully saturated rings. The molecule has 8 heteroatoms. The van der Waals surface area contributed by atoms with Gasteiger partial charge in [-0.15, -0.1) is 24.5 Å². The van der Waals surface area contributed by atoms with E-state index in [4.69, 9.17) is 13.9 Å². The van der Waals surface area contributed by atoms with E-state index in [0.717, 1.165) is 37.0 Å². The van der Waals surface area contributed by atoms with E-state index in [2.05, 4.69) is 30.2 Å². The molecule has 0 radical (unpaired) electrons. The summed E-state index contributed by atoms with van der Waals surface area (Å²) in [6.07, 6.45) is -0.399. The summed E-state index contributed by atoms with van der Waals surface area (Å²) in [5, 5.41) is 2.69. The lowest BCUT2D eigenvalue weighted by Gasteiger charge is -2.27. The van der Waals surface area contributed by atoms with Crippen molar-refractivity contribution < 1.29 is 18.7 Å². The molecule has 5 aromatic rings. The molecule has 0 N–H and O–H groups in total. The van der Waals surface area contributed by atoms with Gasteiger partial charge in [-0.3, -0.25) is 9.69 Å². The summed E-state index contributed by atoms with van der Waals surface area (Å²) >= 11 is 1.69. The Bertz CT molecular complexity index is 1790. The number of hydrogen-bond donors (Lipinski definition) is 0. The normalized spacial score (nSPS) is 13.2. The lowest BCUT2D eigenvalue weighted by atomic mass is 10.0.